The number of esters is 1. The fourth-order valence-electron chi connectivity index (χ4n) is 1.54. The maximum Gasteiger partial charge on any atom is 0.339 e. The maximum atomic E-state index is 11.3. The first kappa shape index (κ1) is 14.8. The third kappa shape index (κ3) is 2.94. The first-order valence-electron chi connectivity index (χ1n) is 5.21. The van der Waals surface area contributed by atoms with Crippen LogP contribution in [-0.4, -0.2) is 43.5 Å². The zero-order valence-corrected chi connectivity index (χ0v) is 10.7. The molecule has 0 aliphatic carbocycles. The minimum atomic E-state index is -1.64. The molecular formula is C12H14O7. The average Bonchev–Trinajstić information content (AvgIpc) is 2.43. The molecule has 0 aliphatic rings. The van der Waals surface area contributed by atoms with Crippen molar-refractivity contribution in [3.63, 3.8) is 0 Å². The summed E-state index contributed by atoms with van der Waals surface area (Å²) in [4.78, 5) is 22.4. The van der Waals surface area contributed by atoms with Crippen LogP contribution in [0.3, 0.4) is 0 Å². The van der Waals surface area contributed by atoms with E-state index >= 15 is 0 Å². The quantitative estimate of drug-likeness (QED) is 0.755. The van der Waals surface area contributed by atoms with Crippen molar-refractivity contribution in [2.45, 2.75) is 6.10 Å². The zero-order valence-electron chi connectivity index (χ0n) is 10.7. The van der Waals surface area contributed by atoms with Crippen LogP contribution in [0.15, 0.2) is 12.1 Å². The molecular weight excluding hydrogens is 256 g/mol. The predicted molar refractivity (Wildman–Crippen MR) is 63.5 cm³/mol. The largest absolute Gasteiger partial charge is 0.496 e. The Kier molecular flexibility index (Phi) is 4.71. The monoisotopic (exact) mass is 270 g/mol. The number of carbonyl (C=O) groups is 2. The minimum Gasteiger partial charge on any atom is -0.496 e. The van der Waals surface area contributed by atoms with Gasteiger partial charge in [0.25, 0.3) is 0 Å². The van der Waals surface area contributed by atoms with Gasteiger partial charge in [-0.2, -0.15) is 0 Å². The van der Waals surface area contributed by atoms with Gasteiger partial charge in [-0.1, -0.05) is 0 Å². The Labute approximate surface area is 109 Å². The second-order valence-corrected chi connectivity index (χ2v) is 3.53. The third-order valence-corrected chi connectivity index (χ3v) is 2.50. The number of aliphatic hydroxyl groups is 1. The van der Waals surface area contributed by atoms with E-state index in [2.05, 4.69) is 4.74 Å². The van der Waals surface area contributed by atoms with Gasteiger partial charge in [-0.15, -0.1) is 0 Å². The molecule has 0 bridgehead atoms. The molecule has 1 aromatic rings. The highest BCUT2D eigenvalue weighted by molar-refractivity contribution is 5.92. The molecule has 0 saturated heterocycles. The molecule has 1 unspecified atom stereocenters. The molecule has 104 valence electrons. The van der Waals surface area contributed by atoms with Gasteiger partial charge in [-0.25, -0.2) is 9.59 Å². The van der Waals surface area contributed by atoms with E-state index in [1.54, 1.807) is 0 Å². The lowest BCUT2D eigenvalue weighted by molar-refractivity contribution is -0.150. The summed E-state index contributed by atoms with van der Waals surface area (Å²) in [5.41, 5.74) is -0.200. The van der Waals surface area contributed by atoms with Crippen LogP contribution >= 0.6 is 0 Å². The van der Waals surface area contributed by atoms with Crippen LogP contribution in [0.25, 0.3) is 0 Å². The Morgan fingerprint density at radius 1 is 1.11 bits per heavy atom. The normalized spacial score (nSPS) is 11.6. The summed E-state index contributed by atoms with van der Waals surface area (Å²) in [6.45, 7) is 0. The predicted octanol–water partition coefficient (Wildman–Crippen LogP) is 0.608. The van der Waals surface area contributed by atoms with Crippen LogP contribution in [0.5, 0.6) is 11.5 Å². The fourth-order valence-corrected chi connectivity index (χ4v) is 1.54. The van der Waals surface area contributed by atoms with Crippen LogP contribution in [0, 0.1) is 0 Å². The molecule has 19 heavy (non-hydrogen) atoms. The number of benzene rings is 1. The van der Waals surface area contributed by atoms with Gasteiger partial charge in [0, 0.05) is 11.6 Å². The number of methoxy groups -OCH3 is 3. The first-order valence-corrected chi connectivity index (χ1v) is 5.21. The number of ether oxygens (including phenoxy) is 3. The van der Waals surface area contributed by atoms with Crippen molar-refractivity contribution in [1.82, 2.24) is 0 Å². The Balaban J connectivity index is 3.41. The molecule has 7 nitrogen and oxygen atoms in total. The lowest BCUT2D eigenvalue weighted by atomic mass is 10.0. The summed E-state index contributed by atoms with van der Waals surface area (Å²) < 4.78 is 14.3. The van der Waals surface area contributed by atoms with Crippen molar-refractivity contribution in [1.29, 1.82) is 0 Å². The first-order chi connectivity index (χ1) is 8.96. The standard InChI is InChI=1S/C12H14O7/c1-17-8-5-9(18-2)7(11(14)15)4-6(8)10(13)12(16)19-3/h4-5,10,13H,1-3H3,(H,14,15). The highest BCUT2D eigenvalue weighted by Gasteiger charge is 2.25. The Morgan fingerprint density at radius 3 is 2.11 bits per heavy atom. The number of aliphatic hydroxyl groups excluding tert-OH is 1. The number of hydrogen-bond donors (Lipinski definition) is 2. The van der Waals surface area contributed by atoms with E-state index in [0.29, 0.717) is 0 Å². The van der Waals surface area contributed by atoms with Gasteiger partial charge in [0.15, 0.2) is 6.10 Å². The van der Waals surface area contributed by atoms with Crippen molar-refractivity contribution in [3.05, 3.63) is 23.3 Å². The molecule has 1 rings (SSSR count). The van der Waals surface area contributed by atoms with Crippen LogP contribution in [-0.2, 0) is 9.53 Å². The van der Waals surface area contributed by atoms with E-state index in [4.69, 9.17) is 14.6 Å². The smallest absolute Gasteiger partial charge is 0.339 e. The second-order valence-electron chi connectivity index (χ2n) is 3.53. The van der Waals surface area contributed by atoms with Gasteiger partial charge in [0.2, 0.25) is 0 Å². The topological polar surface area (TPSA) is 102 Å². The molecule has 0 amide bonds. The summed E-state index contributed by atoms with van der Waals surface area (Å²) in [6, 6.07) is 2.40. The number of carboxylic acids is 1. The third-order valence-electron chi connectivity index (χ3n) is 2.50. The van der Waals surface area contributed by atoms with Gasteiger partial charge in [0.1, 0.15) is 17.1 Å². The van der Waals surface area contributed by atoms with Gasteiger partial charge in [-0.05, 0) is 6.07 Å². The summed E-state index contributed by atoms with van der Waals surface area (Å²) in [7, 11) is 3.74. The van der Waals surface area contributed by atoms with Gasteiger partial charge >= 0.3 is 11.9 Å². The molecule has 0 saturated carbocycles. The van der Waals surface area contributed by atoms with Crippen LogP contribution in [0.1, 0.15) is 22.0 Å². The number of carboxylic acid groups (broad SMARTS) is 1. The molecule has 7 heteroatoms. The molecule has 0 fully saturated rings. The average molecular weight is 270 g/mol. The molecule has 1 atom stereocenters. The lowest BCUT2D eigenvalue weighted by Gasteiger charge is -2.15. The molecule has 0 spiro atoms. The lowest BCUT2D eigenvalue weighted by Crippen LogP contribution is -2.15. The van der Waals surface area contributed by atoms with Gasteiger partial charge in [-0.3, -0.25) is 0 Å². The minimum absolute atomic E-state index is 0.00690. The molecule has 1 aromatic carbocycles. The second kappa shape index (κ2) is 6.05. The Hall–Kier alpha value is -2.28. The zero-order chi connectivity index (χ0) is 14.6. The molecule has 0 heterocycles. The molecule has 0 aliphatic heterocycles. The summed E-state index contributed by atoms with van der Waals surface area (Å²) in [5, 5.41) is 18.8. The van der Waals surface area contributed by atoms with E-state index in [1.165, 1.54) is 20.3 Å². The number of rotatable bonds is 5. The van der Waals surface area contributed by atoms with Gasteiger partial charge < -0.3 is 24.4 Å². The number of hydrogen-bond acceptors (Lipinski definition) is 6. The maximum absolute atomic E-state index is 11.3. The summed E-state index contributed by atoms with van der Waals surface area (Å²) in [6.07, 6.45) is -1.64. The fraction of sp³-hybridized carbons (Fsp3) is 0.333. The van der Waals surface area contributed by atoms with E-state index in [-0.39, 0.29) is 22.6 Å². The van der Waals surface area contributed by atoms with Crippen LogP contribution < -0.4 is 9.47 Å². The van der Waals surface area contributed by atoms with Crippen LogP contribution in [0.2, 0.25) is 0 Å². The Morgan fingerprint density at radius 2 is 1.68 bits per heavy atom. The van der Waals surface area contributed by atoms with Crippen molar-refractivity contribution in [2.24, 2.45) is 0 Å². The Bertz CT molecular complexity index is 495. The SMILES string of the molecule is COC(=O)C(O)c1cc(C(=O)O)c(OC)cc1OC. The molecule has 2 N–H and O–H groups in total. The number of carbonyl (C=O) groups excluding carboxylic acids is 1. The molecule has 0 aromatic heterocycles. The van der Waals surface area contributed by atoms with Crippen molar-refractivity contribution < 1.29 is 34.0 Å². The number of aromatic carboxylic acids is 1. The van der Waals surface area contributed by atoms with Crippen LogP contribution in [0.4, 0.5) is 0 Å². The van der Waals surface area contributed by atoms with E-state index in [1.807, 2.05) is 0 Å². The van der Waals surface area contributed by atoms with E-state index in [0.717, 1.165) is 13.2 Å². The van der Waals surface area contributed by atoms with E-state index < -0.39 is 18.0 Å². The van der Waals surface area contributed by atoms with Crippen molar-refractivity contribution in [3.8, 4) is 11.5 Å². The van der Waals surface area contributed by atoms with Crippen molar-refractivity contribution >= 4 is 11.9 Å². The van der Waals surface area contributed by atoms with Gasteiger partial charge in [0.05, 0.1) is 21.3 Å². The summed E-state index contributed by atoms with van der Waals surface area (Å²) >= 11 is 0. The van der Waals surface area contributed by atoms with E-state index in [9.17, 15) is 14.7 Å². The van der Waals surface area contributed by atoms with Crippen molar-refractivity contribution in [2.75, 3.05) is 21.3 Å². The highest BCUT2D eigenvalue weighted by Crippen LogP contribution is 2.33. The summed E-state index contributed by atoms with van der Waals surface area (Å²) in [5.74, 6) is -1.98. The molecule has 0 radical (unpaired) electrons. The highest BCUT2D eigenvalue weighted by atomic mass is 16.5.